The van der Waals surface area contributed by atoms with E-state index in [9.17, 15) is 19.1 Å². The monoisotopic (exact) mass is 586 g/mol. The average molecular weight is 587 g/mol. The maximum Gasteiger partial charge on any atom is 0.341 e. The van der Waals surface area contributed by atoms with Crippen LogP contribution in [0.25, 0.3) is 33.3 Å². The van der Waals surface area contributed by atoms with Crippen molar-refractivity contribution in [3.8, 4) is 22.3 Å². The van der Waals surface area contributed by atoms with Crippen LogP contribution in [0.5, 0.6) is 0 Å². The second-order valence-electron chi connectivity index (χ2n) is 12.2. The van der Waals surface area contributed by atoms with Gasteiger partial charge in [0.25, 0.3) is 0 Å². The van der Waals surface area contributed by atoms with Gasteiger partial charge in [0.15, 0.2) is 11.6 Å². The van der Waals surface area contributed by atoms with E-state index in [1.807, 2.05) is 0 Å². The van der Waals surface area contributed by atoms with Gasteiger partial charge in [-0.15, -0.1) is 0 Å². The number of benzene rings is 1. The second kappa shape index (κ2) is 9.84. The standard InChI is InChI=1S/C32H32F2N6O3/c1-35-23-11-22(33)27(34)25-18(23)10-24-26(25)28(40-8-6-32(16-40)5-4-7-38(2)15-32)20(13-36-24)17-9-19-29(41)21(31(42)43)14-39(3)30(19)37-12-17/h9,11-14,35H,4-8,10,15-16H2,1-3H3,(H,42,43). The lowest BCUT2D eigenvalue weighted by Crippen LogP contribution is -2.43. The fourth-order valence-electron chi connectivity index (χ4n) is 7.55. The number of hydrogen-bond donors (Lipinski definition) is 2. The highest BCUT2D eigenvalue weighted by Gasteiger charge is 2.43. The molecule has 4 aromatic rings. The average Bonchev–Trinajstić information content (AvgIpc) is 3.57. The van der Waals surface area contributed by atoms with E-state index in [4.69, 9.17) is 4.98 Å². The first kappa shape index (κ1) is 27.5. The minimum absolute atomic E-state index is 0.0758. The number of aromatic carboxylic acids is 1. The van der Waals surface area contributed by atoms with Crippen LogP contribution in [0.2, 0.25) is 0 Å². The van der Waals surface area contributed by atoms with Crippen LogP contribution in [0.3, 0.4) is 0 Å². The van der Waals surface area contributed by atoms with Crippen molar-refractivity contribution in [3.63, 3.8) is 0 Å². The highest BCUT2D eigenvalue weighted by molar-refractivity contribution is 5.98. The quantitative estimate of drug-likeness (QED) is 0.317. The summed E-state index contributed by atoms with van der Waals surface area (Å²) in [4.78, 5) is 39.0. The Bertz CT molecular complexity index is 1910. The largest absolute Gasteiger partial charge is 0.477 e. The summed E-state index contributed by atoms with van der Waals surface area (Å²) in [6, 6.07) is 2.83. The van der Waals surface area contributed by atoms with E-state index in [1.54, 1.807) is 32.6 Å². The van der Waals surface area contributed by atoms with Crippen molar-refractivity contribution < 1.29 is 18.7 Å². The molecular weight excluding hydrogens is 554 g/mol. The normalized spacial score (nSPS) is 19.7. The van der Waals surface area contributed by atoms with E-state index in [1.165, 1.54) is 16.8 Å². The van der Waals surface area contributed by atoms with Crippen LogP contribution in [-0.4, -0.2) is 70.8 Å². The fraction of sp³-hybridized carbons (Fsp3) is 0.375. The summed E-state index contributed by atoms with van der Waals surface area (Å²) in [5.74, 6) is -3.16. The van der Waals surface area contributed by atoms with Crippen LogP contribution < -0.4 is 15.6 Å². The van der Waals surface area contributed by atoms with E-state index >= 15 is 4.39 Å². The number of halogens is 2. The van der Waals surface area contributed by atoms with Gasteiger partial charge in [-0.1, -0.05) is 0 Å². The van der Waals surface area contributed by atoms with Gasteiger partial charge >= 0.3 is 5.97 Å². The first-order valence-electron chi connectivity index (χ1n) is 14.5. The third-order valence-electron chi connectivity index (χ3n) is 9.48. The summed E-state index contributed by atoms with van der Waals surface area (Å²) in [5.41, 5.74) is 3.98. The van der Waals surface area contributed by atoms with E-state index in [-0.39, 0.29) is 21.9 Å². The maximum atomic E-state index is 15.8. The lowest BCUT2D eigenvalue weighted by molar-refractivity contribution is 0.0695. The first-order valence-corrected chi connectivity index (χ1v) is 14.5. The summed E-state index contributed by atoms with van der Waals surface area (Å²) in [7, 11) is 5.47. The molecule has 0 amide bonds. The molecule has 7 rings (SSSR count). The highest BCUT2D eigenvalue weighted by atomic mass is 19.2. The van der Waals surface area contributed by atoms with Crippen molar-refractivity contribution in [2.75, 3.05) is 50.5 Å². The van der Waals surface area contributed by atoms with Gasteiger partial charge in [-0.3, -0.25) is 9.78 Å². The summed E-state index contributed by atoms with van der Waals surface area (Å²) in [6.07, 6.45) is 8.12. The first-order chi connectivity index (χ1) is 20.6. The SMILES string of the molecule is CNc1cc(F)c(F)c2c1Cc1ncc(-c3cnc4c(c3)c(=O)c(C(=O)O)cn4C)c(N3CCC4(CCCN(C)C4)C3)c1-2. The predicted octanol–water partition coefficient (Wildman–Crippen LogP) is 4.51. The third-order valence-corrected chi connectivity index (χ3v) is 9.48. The van der Waals surface area contributed by atoms with Crippen LogP contribution in [0, 0.1) is 17.0 Å². The lowest BCUT2D eigenvalue weighted by Gasteiger charge is -2.39. The Morgan fingerprint density at radius 2 is 1.88 bits per heavy atom. The minimum Gasteiger partial charge on any atom is -0.477 e. The summed E-state index contributed by atoms with van der Waals surface area (Å²) in [6.45, 7) is 3.49. The molecule has 1 aromatic carbocycles. The number of likely N-dealkylation sites (tertiary alicyclic amines) is 1. The summed E-state index contributed by atoms with van der Waals surface area (Å²) in [5, 5.41) is 12.8. The molecule has 43 heavy (non-hydrogen) atoms. The molecule has 2 fully saturated rings. The molecule has 1 unspecified atom stereocenters. The smallest absolute Gasteiger partial charge is 0.341 e. The lowest BCUT2D eigenvalue weighted by atomic mass is 9.79. The van der Waals surface area contributed by atoms with Gasteiger partial charge in [0.2, 0.25) is 5.43 Å². The van der Waals surface area contributed by atoms with E-state index in [2.05, 4.69) is 27.1 Å². The Morgan fingerprint density at radius 3 is 2.63 bits per heavy atom. The topological polar surface area (TPSA) is 104 Å². The van der Waals surface area contributed by atoms with Crippen LogP contribution in [0.1, 0.15) is 40.9 Å². The van der Waals surface area contributed by atoms with E-state index < -0.39 is 23.0 Å². The van der Waals surface area contributed by atoms with Gasteiger partial charge in [-0.25, -0.2) is 18.6 Å². The Morgan fingerprint density at radius 1 is 1.07 bits per heavy atom. The van der Waals surface area contributed by atoms with Gasteiger partial charge in [0, 0.05) is 98.2 Å². The number of nitrogens with zero attached hydrogens (tertiary/aromatic N) is 5. The molecule has 3 aliphatic rings. The summed E-state index contributed by atoms with van der Waals surface area (Å²) < 4.78 is 32.3. The number of nitrogens with one attached hydrogen (secondary N) is 1. The van der Waals surface area contributed by atoms with Crippen molar-refractivity contribution in [3.05, 3.63) is 69.4 Å². The number of hydrogen-bond acceptors (Lipinski definition) is 7. The molecule has 3 aromatic heterocycles. The van der Waals surface area contributed by atoms with Crippen LogP contribution in [-0.2, 0) is 13.5 Å². The summed E-state index contributed by atoms with van der Waals surface area (Å²) >= 11 is 0. The number of piperidine rings is 1. The molecule has 2 N–H and O–H groups in total. The Labute approximate surface area is 246 Å². The molecular formula is C32H32F2N6O3. The number of aromatic nitrogens is 3. The Balaban J connectivity index is 1.48. The predicted molar refractivity (Wildman–Crippen MR) is 161 cm³/mol. The Hall–Kier alpha value is -4.38. The zero-order chi connectivity index (χ0) is 30.2. The van der Waals surface area contributed by atoms with Crippen molar-refractivity contribution >= 4 is 28.4 Å². The van der Waals surface area contributed by atoms with Gasteiger partial charge in [-0.05, 0) is 44.5 Å². The van der Waals surface area contributed by atoms with Crippen molar-refractivity contribution in [1.29, 1.82) is 0 Å². The fourth-order valence-corrected chi connectivity index (χ4v) is 7.55. The molecule has 222 valence electrons. The minimum atomic E-state index is -1.32. The molecule has 0 saturated carbocycles. The van der Waals surface area contributed by atoms with Gasteiger partial charge in [0.05, 0.1) is 16.8 Å². The number of pyridine rings is 3. The number of carbonyl (C=O) groups is 1. The van der Waals surface area contributed by atoms with E-state index in [0.717, 1.165) is 51.1 Å². The number of anilines is 2. The number of rotatable bonds is 4. The molecule has 2 aliphatic heterocycles. The molecule has 5 heterocycles. The molecule has 0 radical (unpaired) electrons. The number of aryl methyl sites for hydroxylation is 1. The van der Waals surface area contributed by atoms with Crippen LogP contribution >= 0.6 is 0 Å². The Kier molecular flexibility index (Phi) is 6.28. The van der Waals surface area contributed by atoms with Crippen LogP contribution in [0.15, 0.2) is 35.5 Å². The molecule has 2 saturated heterocycles. The highest BCUT2D eigenvalue weighted by Crippen LogP contribution is 2.52. The second-order valence-corrected chi connectivity index (χ2v) is 12.2. The number of carboxylic acid groups (broad SMARTS) is 1. The molecule has 1 spiro atoms. The van der Waals surface area contributed by atoms with Crippen molar-refractivity contribution in [2.45, 2.75) is 25.7 Å². The van der Waals surface area contributed by atoms with Gasteiger partial charge < -0.3 is 24.8 Å². The van der Waals surface area contributed by atoms with Crippen molar-refractivity contribution in [2.24, 2.45) is 12.5 Å². The molecule has 0 bridgehead atoms. The molecule has 1 atom stereocenters. The van der Waals surface area contributed by atoms with Crippen molar-refractivity contribution in [1.82, 2.24) is 19.4 Å². The molecule has 11 heteroatoms. The van der Waals surface area contributed by atoms with Crippen LogP contribution in [0.4, 0.5) is 20.2 Å². The zero-order valence-corrected chi connectivity index (χ0v) is 24.3. The number of fused-ring (bicyclic) bond motifs is 4. The third kappa shape index (κ3) is 4.20. The van der Waals surface area contributed by atoms with E-state index in [0.29, 0.717) is 45.7 Å². The maximum absolute atomic E-state index is 15.8. The molecule has 1 aliphatic carbocycles. The van der Waals surface area contributed by atoms with Gasteiger partial charge in [0.1, 0.15) is 11.2 Å². The molecule has 9 nitrogen and oxygen atoms in total. The van der Waals surface area contributed by atoms with Gasteiger partial charge in [-0.2, -0.15) is 0 Å². The number of carboxylic acids is 1. The zero-order valence-electron chi connectivity index (χ0n) is 24.3.